The van der Waals surface area contributed by atoms with Crippen molar-refractivity contribution in [2.75, 3.05) is 0 Å². The molecule has 1 unspecified atom stereocenters. The Kier molecular flexibility index (Phi) is 8.10. The van der Waals surface area contributed by atoms with Gasteiger partial charge < -0.3 is 15.0 Å². The lowest BCUT2D eigenvalue weighted by molar-refractivity contribution is -0.123. The molecule has 2 aromatic rings. The monoisotopic (exact) mass is 333 g/mol. The first-order valence-electron chi connectivity index (χ1n) is 7.59. The number of nitrogens with zero attached hydrogens (tertiary/aromatic N) is 4. The van der Waals surface area contributed by atoms with Crippen molar-refractivity contribution < 1.29 is 14.7 Å². The van der Waals surface area contributed by atoms with Crippen LogP contribution in [-0.2, 0) is 29.5 Å². The Morgan fingerprint density at radius 3 is 2.75 bits per heavy atom. The first-order chi connectivity index (χ1) is 11.5. The Morgan fingerprint density at radius 2 is 2.17 bits per heavy atom. The quantitative estimate of drug-likeness (QED) is 0.760. The lowest BCUT2D eigenvalue weighted by atomic mass is 10.1. The zero-order valence-corrected chi connectivity index (χ0v) is 14.1. The van der Waals surface area contributed by atoms with Gasteiger partial charge in [0.1, 0.15) is 12.2 Å². The predicted molar refractivity (Wildman–Crippen MR) is 88.3 cm³/mol. The average molecular weight is 333 g/mol. The molecule has 0 saturated carbocycles. The number of carbonyl (C=O) groups is 2. The second-order valence-corrected chi connectivity index (χ2v) is 5.41. The standard InChI is InChI=1S/C15H21N5O.CH2O2/c1-11-5-4-6-13(17-11)9-12(2)18-15(21)8-7-14-19-16-10-20(14)3;2-1-3/h4-6,10,12H,7-9H2,1-3H3,(H,18,21);1H,(H,2,3). The largest absolute Gasteiger partial charge is 0.483 e. The molecule has 0 aliphatic carbocycles. The van der Waals surface area contributed by atoms with Crippen LogP contribution in [0.5, 0.6) is 0 Å². The smallest absolute Gasteiger partial charge is 0.290 e. The Hall–Kier alpha value is -2.77. The highest BCUT2D eigenvalue weighted by Gasteiger charge is 2.10. The maximum Gasteiger partial charge on any atom is 0.290 e. The topological polar surface area (TPSA) is 110 Å². The first kappa shape index (κ1) is 19.3. The van der Waals surface area contributed by atoms with Gasteiger partial charge in [-0.2, -0.15) is 0 Å². The third-order valence-electron chi connectivity index (χ3n) is 3.25. The number of carboxylic acid groups (broad SMARTS) is 1. The van der Waals surface area contributed by atoms with Crippen LogP contribution < -0.4 is 5.32 Å². The van der Waals surface area contributed by atoms with Crippen molar-refractivity contribution in [3.05, 3.63) is 41.7 Å². The van der Waals surface area contributed by atoms with Crippen LogP contribution in [0.3, 0.4) is 0 Å². The van der Waals surface area contributed by atoms with Gasteiger partial charge in [0.15, 0.2) is 0 Å². The molecule has 0 spiro atoms. The molecule has 0 aromatic carbocycles. The van der Waals surface area contributed by atoms with E-state index in [4.69, 9.17) is 9.90 Å². The van der Waals surface area contributed by atoms with Crippen molar-refractivity contribution in [1.82, 2.24) is 25.1 Å². The molecule has 2 heterocycles. The number of hydrogen-bond donors (Lipinski definition) is 2. The van der Waals surface area contributed by atoms with Crippen molar-refractivity contribution in [3.8, 4) is 0 Å². The number of aryl methyl sites for hydroxylation is 3. The summed E-state index contributed by atoms with van der Waals surface area (Å²) >= 11 is 0. The van der Waals surface area contributed by atoms with E-state index in [0.29, 0.717) is 12.8 Å². The lowest BCUT2D eigenvalue weighted by Crippen LogP contribution is -2.34. The molecule has 0 bridgehead atoms. The highest BCUT2D eigenvalue weighted by molar-refractivity contribution is 5.76. The fraction of sp³-hybridized carbons (Fsp3) is 0.438. The molecule has 130 valence electrons. The van der Waals surface area contributed by atoms with Crippen molar-refractivity contribution in [1.29, 1.82) is 0 Å². The molecule has 1 amide bonds. The zero-order valence-electron chi connectivity index (χ0n) is 14.1. The highest BCUT2D eigenvalue weighted by Crippen LogP contribution is 2.03. The van der Waals surface area contributed by atoms with E-state index in [-0.39, 0.29) is 18.4 Å². The third kappa shape index (κ3) is 6.99. The summed E-state index contributed by atoms with van der Waals surface area (Å²) in [6.45, 7) is 3.71. The van der Waals surface area contributed by atoms with Crippen LogP contribution in [0.1, 0.15) is 30.6 Å². The Morgan fingerprint density at radius 1 is 1.46 bits per heavy atom. The maximum absolute atomic E-state index is 11.9. The number of carbonyl (C=O) groups excluding carboxylic acids is 1. The molecule has 0 aliphatic rings. The normalized spacial score (nSPS) is 11.1. The SMILES string of the molecule is Cc1cccc(CC(C)NC(=O)CCc2nncn2C)n1.O=CO. The van der Waals surface area contributed by atoms with E-state index in [1.54, 1.807) is 6.33 Å². The van der Waals surface area contributed by atoms with Crippen molar-refractivity contribution in [3.63, 3.8) is 0 Å². The van der Waals surface area contributed by atoms with Crippen LogP contribution in [-0.4, -0.2) is 43.3 Å². The van der Waals surface area contributed by atoms with Gasteiger partial charge in [0.2, 0.25) is 5.91 Å². The van der Waals surface area contributed by atoms with Crippen molar-refractivity contribution >= 4 is 12.4 Å². The molecule has 2 aromatic heterocycles. The molecule has 0 fully saturated rings. The third-order valence-corrected chi connectivity index (χ3v) is 3.25. The van der Waals surface area contributed by atoms with Crippen LogP contribution in [0.25, 0.3) is 0 Å². The Balaban J connectivity index is 0.000000891. The maximum atomic E-state index is 11.9. The van der Waals surface area contributed by atoms with Gasteiger partial charge in [0, 0.05) is 43.7 Å². The average Bonchev–Trinajstić information content (AvgIpc) is 2.91. The van der Waals surface area contributed by atoms with Crippen LogP contribution in [0, 0.1) is 6.92 Å². The van der Waals surface area contributed by atoms with Gasteiger partial charge in [-0.25, -0.2) is 0 Å². The van der Waals surface area contributed by atoms with Gasteiger partial charge >= 0.3 is 0 Å². The van der Waals surface area contributed by atoms with Crippen molar-refractivity contribution in [2.45, 2.75) is 39.2 Å². The predicted octanol–water partition coefficient (Wildman–Crippen LogP) is 0.899. The first-order valence-corrected chi connectivity index (χ1v) is 7.59. The van der Waals surface area contributed by atoms with Crippen LogP contribution in [0.15, 0.2) is 24.5 Å². The van der Waals surface area contributed by atoms with Gasteiger partial charge in [0.05, 0.1) is 0 Å². The molecule has 1 atom stereocenters. The van der Waals surface area contributed by atoms with Gasteiger partial charge in [0.25, 0.3) is 6.47 Å². The van der Waals surface area contributed by atoms with E-state index in [1.165, 1.54) is 0 Å². The van der Waals surface area contributed by atoms with Gasteiger partial charge in [-0.15, -0.1) is 10.2 Å². The summed E-state index contributed by atoms with van der Waals surface area (Å²) < 4.78 is 1.83. The minimum absolute atomic E-state index is 0.0261. The summed E-state index contributed by atoms with van der Waals surface area (Å²) in [7, 11) is 1.87. The number of amides is 1. The number of nitrogens with one attached hydrogen (secondary N) is 1. The summed E-state index contributed by atoms with van der Waals surface area (Å²) in [5.74, 6) is 0.844. The zero-order chi connectivity index (χ0) is 17.9. The van der Waals surface area contributed by atoms with Crippen LogP contribution >= 0.6 is 0 Å². The molecule has 8 heteroatoms. The van der Waals surface area contributed by atoms with Gasteiger partial charge in [-0.3, -0.25) is 14.6 Å². The molecular weight excluding hydrogens is 310 g/mol. The highest BCUT2D eigenvalue weighted by atomic mass is 16.3. The van der Waals surface area contributed by atoms with E-state index >= 15 is 0 Å². The fourth-order valence-electron chi connectivity index (χ4n) is 2.18. The van der Waals surface area contributed by atoms with E-state index in [2.05, 4.69) is 20.5 Å². The summed E-state index contributed by atoms with van der Waals surface area (Å²) in [6.07, 6.45) is 3.38. The minimum Gasteiger partial charge on any atom is -0.483 e. The van der Waals surface area contributed by atoms with Crippen molar-refractivity contribution in [2.24, 2.45) is 7.05 Å². The van der Waals surface area contributed by atoms with E-state index in [9.17, 15) is 4.79 Å². The molecule has 0 saturated heterocycles. The number of pyridine rings is 1. The molecule has 2 rings (SSSR count). The summed E-state index contributed by atoms with van der Waals surface area (Å²) in [5, 5.41) is 17.6. The van der Waals surface area contributed by atoms with Gasteiger partial charge in [-0.05, 0) is 26.0 Å². The molecule has 2 N–H and O–H groups in total. The molecule has 0 aliphatic heterocycles. The number of rotatable bonds is 6. The Bertz CT molecular complexity index is 657. The lowest BCUT2D eigenvalue weighted by Gasteiger charge is -2.13. The number of hydrogen-bond acceptors (Lipinski definition) is 5. The Labute approximate surface area is 140 Å². The minimum atomic E-state index is -0.250. The molecule has 0 radical (unpaired) electrons. The molecule has 24 heavy (non-hydrogen) atoms. The van der Waals surface area contributed by atoms with Gasteiger partial charge in [-0.1, -0.05) is 6.07 Å². The molecular formula is C16H23N5O3. The second kappa shape index (κ2) is 10.1. The molecule has 8 nitrogen and oxygen atoms in total. The van der Waals surface area contributed by atoms with Crippen LogP contribution in [0.4, 0.5) is 0 Å². The summed E-state index contributed by atoms with van der Waals surface area (Å²) in [5.41, 5.74) is 1.99. The van der Waals surface area contributed by atoms with E-state index in [1.807, 2.05) is 43.7 Å². The summed E-state index contributed by atoms with van der Waals surface area (Å²) in [4.78, 5) is 24.7. The van der Waals surface area contributed by atoms with E-state index < -0.39 is 0 Å². The fourth-order valence-corrected chi connectivity index (χ4v) is 2.18. The summed E-state index contributed by atoms with van der Waals surface area (Å²) in [6, 6.07) is 6.00. The second-order valence-electron chi connectivity index (χ2n) is 5.41. The van der Waals surface area contributed by atoms with Crippen LogP contribution in [0.2, 0.25) is 0 Å². The number of aromatic nitrogens is 4. The van der Waals surface area contributed by atoms with E-state index in [0.717, 1.165) is 23.6 Å².